The van der Waals surface area contributed by atoms with Crippen LogP contribution in [0.4, 0.5) is 0 Å². The maximum absolute atomic E-state index is 12.3. The lowest BCUT2D eigenvalue weighted by molar-refractivity contribution is -0.134. The number of rotatable bonds is 3. The number of carbonyl (C=O) groups excluding carboxylic acids is 1. The van der Waals surface area contributed by atoms with Gasteiger partial charge < -0.3 is 10.2 Å². The number of amides is 1. The first-order chi connectivity index (χ1) is 9.91. The third-order valence-corrected chi connectivity index (χ3v) is 5.21. The standard InChI is InChI=1S/C12H21N5O3S/c1-21(19,20)17-6-4-15(5-7-17)12(18)10-16-3-2-14-9-11(16)8-13/h11,14H,2-7,9-10H2,1H3. The van der Waals surface area contributed by atoms with Gasteiger partial charge in [0.05, 0.1) is 18.9 Å². The predicted molar refractivity (Wildman–Crippen MR) is 76.8 cm³/mol. The van der Waals surface area contributed by atoms with E-state index in [-0.39, 0.29) is 18.5 Å². The fourth-order valence-electron chi connectivity index (χ4n) is 2.61. The van der Waals surface area contributed by atoms with Crippen molar-refractivity contribution in [1.29, 1.82) is 5.26 Å². The summed E-state index contributed by atoms with van der Waals surface area (Å²) in [5.74, 6) is -0.0368. The minimum Gasteiger partial charge on any atom is -0.339 e. The van der Waals surface area contributed by atoms with Gasteiger partial charge in [-0.1, -0.05) is 0 Å². The number of nitriles is 1. The largest absolute Gasteiger partial charge is 0.339 e. The van der Waals surface area contributed by atoms with E-state index in [4.69, 9.17) is 5.26 Å². The molecule has 21 heavy (non-hydrogen) atoms. The zero-order valence-electron chi connectivity index (χ0n) is 12.2. The maximum atomic E-state index is 12.3. The fraction of sp³-hybridized carbons (Fsp3) is 0.833. The van der Waals surface area contributed by atoms with Crippen LogP contribution in [0.5, 0.6) is 0 Å². The third kappa shape index (κ3) is 4.14. The Kier molecular flexibility index (Phi) is 5.16. The highest BCUT2D eigenvalue weighted by atomic mass is 32.2. The minimum atomic E-state index is -3.18. The molecule has 0 aromatic rings. The molecule has 0 saturated carbocycles. The van der Waals surface area contributed by atoms with Crippen molar-refractivity contribution in [3.05, 3.63) is 0 Å². The summed E-state index contributed by atoms with van der Waals surface area (Å²) in [4.78, 5) is 15.8. The van der Waals surface area contributed by atoms with Crippen molar-refractivity contribution in [3.8, 4) is 6.07 Å². The van der Waals surface area contributed by atoms with Crippen LogP contribution >= 0.6 is 0 Å². The van der Waals surface area contributed by atoms with Gasteiger partial charge >= 0.3 is 0 Å². The second-order valence-corrected chi connectivity index (χ2v) is 7.34. The van der Waals surface area contributed by atoms with Crippen LogP contribution in [-0.2, 0) is 14.8 Å². The van der Waals surface area contributed by atoms with Crippen molar-refractivity contribution in [2.45, 2.75) is 6.04 Å². The third-order valence-electron chi connectivity index (χ3n) is 3.90. The van der Waals surface area contributed by atoms with Gasteiger partial charge in [0, 0.05) is 45.8 Å². The van der Waals surface area contributed by atoms with E-state index in [2.05, 4.69) is 11.4 Å². The van der Waals surface area contributed by atoms with Crippen molar-refractivity contribution in [1.82, 2.24) is 19.4 Å². The van der Waals surface area contributed by atoms with Crippen LogP contribution in [0.15, 0.2) is 0 Å². The van der Waals surface area contributed by atoms with Crippen molar-refractivity contribution in [2.75, 3.05) is 58.6 Å². The Morgan fingerprint density at radius 1 is 1.29 bits per heavy atom. The normalized spacial score (nSPS) is 25.5. The molecule has 0 spiro atoms. The first-order valence-electron chi connectivity index (χ1n) is 6.99. The van der Waals surface area contributed by atoms with Gasteiger partial charge in [0.15, 0.2) is 0 Å². The first-order valence-corrected chi connectivity index (χ1v) is 8.84. The van der Waals surface area contributed by atoms with E-state index in [0.29, 0.717) is 39.3 Å². The Balaban J connectivity index is 1.86. The smallest absolute Gasteiger partial charge is 0.236 e. The SMILES string of the molecule is CS(=O)(=O)N1CCN(C(=O)CN2CCNCC2C#N)CC1. The van der Waals surface area contributed by atoms with E-state index in [1.54, 1.807) is 4.90 Å². The van der Waals surface area contributed by atoms with E-state index < -0.39 is 10.0 Å². The molecular weight excluding hydrogens is 294 g/mol. The molecule has 0 radical (unpaired) electrons. The van der Waals surface area contributed by atoms with Crippen molar-refractivity contribution in [2.24, 2.45) is 0 Å². The van der Waals surface area contributed by atoms with Crippen LogP contribution in [0.2, 0.25) is 0 Å². The summed E-state index contributed by atoms with van der Waals surface area (Å²) >= 11 is 0. The molecule has 0 aliphatic carbocycles. The summed E-state index contributed by atoms with van der Waals surface area (Å²) in [6.45, 7) is 3.75. The van der Waals surface area contributed by atoms with Crippen LogP contribution in [0, 0.1) is 11.3 Å². The molecular formula is C12H21N5O3S. The van der Waals surface area contributed by atoms with Gasteiger partial charge in [0.1, 0.15) is 6.04 Å². The lowest BCUT2D eigenvalue weighted by Crippen LogP contribution is -2.56. The molecule has 2 aliphatic heterocycles. The molecule has 1 amide bonds. The Morgan fingerprint density at radius 3 is 2.52 bits per heavy atom. The molecule has 2 aliphatic rings. The number of hydrogen-bond donors (Lipinski definition) is 1. The lowest BCUT2D eigenvalue weighted by atomic mass is 10.2. The molecule has 9 heteroatoms. The predicted octanol–water partition coefficient (Wildman–Crippen LogP) is -2.11. The second kappa shape index (κ2) is 6.70. The number of nitrogens with zero attached hydrogens (tertiary/aromatic N) is 4. The van der Waals surface area contributed by atoms with E-state index in [0.717, 1.165) is 6.54 Å². The van der Waals surface area contributed by atoms with Gasteiger partial charge in [-0.05, 0) is 0 Å². The van der Waals surface area contributed by atoms with Gasteiger partial charge in [-0.2, -0.15) is 9.57 Å². The summed E-state index contributed by atoms with van der Waals surface area (Å²) in [5.41, 5.74) is 0. The molecule has 1 atom stereocenters. The van der Waals surface area contributed by atoms with E-state index >= 15 is 0 Å². The molecule has 0 aromatic carbocycles. The van der Waals surface area contributed by atoms with Crippen LogP contribution < -0.4 is 5.32 Å². The summed E-state index contributed by atoms with van der Waals surface area (Å²) in [6.07, 6.45) is 1.18. The van der Waals surface area contributed by atoms with Crippen LogP contribution in [0.25, 0.3) is 0 Å². The summed E-state index contributed by atoms with van der Waals surface area (Å²) in [6, 6.07) is 1.92. The Labute approximate surface area is 125 Å². The van der Waals surface area contributed by atoms with Crippen molar-refractivity contribution < 1.29 is 13.2 Å². The van der Waals surface area contributed by atoms with E-state index in [1.807, 2.05) is 4.90 Å². The Morgan fingerprint density at radius 2 is 1.95 bits per heavy atom. The van der Waals surface area contributed by atoms with Crippen LogP contribution in [0.3, 0.4) is 0 Å². The highest BCUT2D eigenvalue weighted by molar-refractivity contribution is 7.88. The average molecular weight is 315 g/mol. The van der Waals surface area contributed by atoms with Crippen molar-refractivity contribution >= 4 is 15.9 Å². The van der Waals surface area contributed by atoms with Gasteiger partial charge in [-0.3, -0.25) is 9.69 Å². The summed E-state index contributed by atoms with van der Waals surface area (Å²) in [5, 5.41) is 12.2. The van der Waals surface area contributed by atoms with E-state index in [1.165, 1.54) is 10.6 Å². The topological polar surface area (TPSA) is 96.8 Å². The van der Waals surface area contributed by atoms with Gasteiger partial charge in [-0.25, -0.2) is 8.42 Å². The fourth-order valence-corrected chi connectivity index (χ4v) is 3.43. The maximum Gasteiger partial charge on any atom is 0.236 e. The molecule has 2 saturated heterocycles. The molecule has 0 bridgehead atoms. The number of nitrogens with one attached hydrogen (secondary N) is 1. The molecule has 2 heterocycles. The quantitative estimate of drug-likeness (QED) is 0.640. The van der Waals surface area contributed by atoms with Crippen LogP contribution in [0.1, 0.15) is 0 Å². The summed E-state index contributed by atoms with van der Waals surface area (Å²) < 4.78 is 24.3. The molecule has 1 unspecified atom stereocenters. The molecule has 2 fully saturated rings. The lowest BCUT2D eigenvalue weighted by Gasteiger charge is -2.36. The molecule has 2 rings (SSSR count). The summed E-state index contributed by atoms with van der Waals surface area (Å²) in [7, 11) is -3.18. The first kappa shape index (κ1) is 16.2. The molecule has 0 aromatic heterocycles. The second-order valence-electron chi connectivity index (χ2n) is 5.36. The van der Waals surface area contributed by atoms with Crippen LogP contribution in [-0.4, -0.2) is 93.1 Å². The number of carbonyl (C=O) groups is 1. The number of hydrogen-bond acceptors (Lipinski definition) is 6. The molecule has 118 valence electrons. The molecule has 8 nitrogen and oxygen atoms in total. The highest BCUT2D eigenvalue weighted by Gasteiger charge is 2.29. The van der Waals surface area contributed by atoms with Gasteiger partial charge in [0.25, 0.3) is 0 Å². The zero-order chi connectivity index (χ0) is 15.5. The zero-order valence-corrected chi connectivity index (χ0v) is 13.0. The minimum absolute atomic E-state index is 0.0368. The highest BCUT2D eigenvalue weighted by Crippen LogP contribution is 2.08. The molecule has 1 N–H and O–H groups in total. The van der Waals surface area contributed by atoms with Gasteiger partial charge in [-0.15, -0.1) is 0 Å². The Hall–Kier alpha value is -1.21. The average Bonchev–Trinajstić information content (AvgIpc) is 2.47. The monoisotopic (exact) mass is 315 g/mol. The van der Waals surface area contributed by atoms with E-state index in [9.17, 15) is 13.2 Å². The van der Waals surface area contributed by atoms with Crippen molar-refractivity contribution in [3.63, 3.8) is 0 Å². The number of sulfonamides is 1. The Bertz CT molecular complexity index is 522. The number of piperazine rings is 2. The van der Waals surface area contributed by atoms with Gasteiger partial charge in [0.2, 0.25) is 15.9 Å².